The molecule has 0 aromatic heterocycles. The quantitative estimate of drug-likeness (QED) is 0.416. The summed E-state index contributed by atoms with van der Waals surface area (Å²) < 4.78 is 0. The molecule has 10 heavy (non-hydrogen) atoms. The van der Waals surface area contributed by atoms with Gasteiger partial charge in [0.05, 0.1) is 0 Å². The summed E-state index contributed by atoms with van der Waals surface area (Å²) in [5.41, 5.74) is 1.03. The van der Waals surface area contributed by atoms with Crippen LogP contribution in [0.5, 0.6) is 0 Å². The fraction of sp³-hybridized carbons (Fsp3) is 0.222. The summed E-state index contributed by atoms with van der Waals surface area (Å²) in [6.07, 6.45) is 9.42. The van der Waals surface area contributed by atoms with Crippen molar-refractivity contribution in [2.24, 2.45) is 4.99 Å². The third-order valence-corrected chi connectivity index (χ3v) is 0.995. The van der Waals surface area contributed by atoms with Crippen LogP contribution in [-0.2, 0) is 0 Å². The monoisotopic (exact) mass is 135 g/mol. The highest BCUT2D eigenvalue weighted by atomic mass is 14.6. The molecule has 0 saturated carbocycles. The third-order valence-electron chi connectivity index (χ3n) is 0.995. The Labute approximate surface area is 62.5 Å². The first-order valence-electron chi connectivity index (χ1n) is 3.22. The largest absolute Gasteiger partial charge is 0.296 e. The van der Waals surface area contributed by atoms with E-state index in [4.69, 9.17) is 0 Å². The summed E-state index contributed by atoms with van der Waals surface area (Å²) in [6, 6.07) is 0. The Balaban J connectivity index is 4.17. The van der Waals surface area contributed by atoms with E-state index >= 15 is 0 Å². The fourth-order valence-corrected chi connectivity index (χ4v) is 0.520. The Morgan fingerprint density at radius 2 is 2.20 bits per heavy atom. The van der Waals surface area contributed by atoms with Gasteiger partial charge in [0.1, 0.15) is 0 Å². The van der Waals surface area contributed by atoms with Crippen molar-refractivity contribution >= 4 is 6.21 Å². The number of aliphatic imine (C=N–C) groups is 1. The Kier molecular flexibility index (Phi) is 5.35. The lowest BCUT2D eigenvalue weighted by molar-refractivity contribution is 1.46. The minimum atomic E-state index is 1.03. The standard InChI is InChI=1S/C9H13N/c1-4-6-7-9(5-2)8-10-3/h4-8H,2H2,1,3H3/b6-4-,9-7+,10-8?. The van der Waals surface area contributed by atoms with E-state index in [-0.39, 0.29) is 0 Å². The molecule has 54 valence electrons. The van der Waals surface area contributed by atoms with Crippen LogP contribution in [0.25, 0.3) is 0 Å². The summed E-state index contributed by atoms with van der Waals surface area (Å²) in [6.45, 7) is 5.61. The minimum Gasteiger partial charge on any atom is -0.296 e. The lowest BCUT2D eigenvalue weighted by atomic mass is 10.2. The predicted molar refractivity (Wildman–Crippen MR) is 47.5 cm³/mol. The van der Waals surface area contributed by atoms with Gasteiger partial charge in [-0.1, -0.05) is 30.9 Å². The van der Waals surface area contributed by atoms with E-state index in [2.05, 4.69) is 11.6 Å². The van der Waals surface area contributed by atoms with Crippen molar-refractivity contribution in [2.45, 2.75) is 6.92 Å². The van der Waals surface area contributed by atoms with E-state index in [1.54, 1.807) is 19.3 Å². The topological polar surface area (TPSA) is 12.4 Å². The fourth-order valence-electron chi connectivity index (χ4n) is 0.520. The summed E-state index contributed by atoms with van der Waals surface area (Å²) in [4.78, 5) is 3.86. The SMILES string of the molecule is C=C/C(C=NC)=C\C=C/C. The van der Waals surface area contributed by atoms with Crippen LogP contribution in [0.2, 0.25) is 0 Å². The van der Waals surface area contributed by atoms with Gasteiger partial charge in [-0.15, -0.1) is 0 Å². The van der Waals surface area contributed by atoms with Gasteiger partial charge in [0.25, 0.3) is 0 Å². The van der Waals surface area contributed by atoms with Crippen molar-refractivity contribution in [3.63, 3.8) is 0 Å². The summed E-state index contributed by atoms with van der Waals surface area (Å²) in [5.74, 6) is 0. The summed E-state index contributed by atoms with van der Waals surface area (Å²) in [7, 11) is 1.74. The lowest BCUT2D eigenvalue weighted by Gasteiger charge is -1.85. The molecule has 0 saturated heterocycles. The lowest BCUT2D eigenvalue weighted by Crippen LogP contribution is -1.76. The van der Waals surface area contributed by atoms with Gasteiger partial charge in [0.2, 0.25) is 0 Å². The van der Waals surface area contributed by atoms with Gasteiger partial charge < -0.3 is 0 Å². The van der Waals surface area contributed by atoms with Gasteiger partial charge in [0, 0.05) is 13.3 Å². The molecule has 0 aliphatic rings. The number of hydrogen-bond acceptors (Lipinski definition) is 1. The number of hydrogen-bond donors (Lipinski definition) is 0. The molecule has 0 aliphatic carbocycles. The maximum Gasteiger partial charge on any atom is 0.0281 e. The molecule has 1 nitrogen and oxygen atoms in total. The first-order valence-corrected chi connectivity index (χ1v) is 3.22. The number of nitrogens with zero attached hydrogens (tertiary/aromatic N) is 1. The highest BCUT2D eigenvalue weighted by Crippen LogP contribution is 1.91. The highest BCUT2D eigenvalue weighted by molar-refractivity contribution is 5.82. The number of allylic oxidation sites excluding steroid dienone is 5. The normalized spacial score (nSPS) is 13.2. The zero-order valence-electron chi connectivity index (χ0n) is 6.54. The van der Waals surface area contributed by atoms with Crippen molar-refractivity contribution in [1.82, 2.24) is 0 Å². The highest BCUT2D eigenvalue weighted by Gasteiger charge is 1.78. The van der Waals surface area contributed by atoms with Crippen molar-refractivity contribution in [2.75, 3.05) is 7.05 Å². The van der Waals surface area contributed by atoms with E-state index in [1.165, 1.54) is 0 Å². The molecule has 0 radical (unpaired) electrons. The minimum absolute atomic E-state index is 1.03. The van der Waals surface area contributed by atoms with Crippen molar-refractivity contribution in [3.8, 4) is 0 Å². The van der Waals surface area contributed by atoms with Crippen LogP contribution in [-0.4, -0.2) is 13.3 Å². The molecule has 0 spiro atoms. The molecule has 1 heteroatoms. The van der Waals surface area contributed by atoms with Gasteiger partial charge in [-0.2, -0.15) is 0 Å². The number of rotatable bonds is 3. The molecule has 0 aromatic carbocycles. The van der Waals surface area contributed by atoms with Crippen LogP contribution in [0, 0.1) is 0 Å². The molecule has 0 fully saturated rings. The van der Waals surface area contributed by atoms with E-state index < -0.39 is 0 Å². The summed E-state index contributed by atoms with van der Waals surface area (Å²) >= 11 is 0. The maximum absolute atomic E-state index is 3.86. The van der Waals surface area contributed by atoms with E-state index in [9.17, 15) is 0 Å². The first-order chi connectivity index (χ1) is 4.85. The Hall–Kier alpha value is -1.11. The van der Waals surface area contributed by atoms with Crippen LogP contribution in [0.15, 0.2) is 41.4 Å². The first kappa shape index (κ1) is 8.89. The van der Waals surface area contributed by atoms with Crippen LogP contribution in [0.3, 0.4) is 0 Å². The predicted octanol–water partition coefficient (Wildman–Crippen LogP) is 2.38. The zero-order valence-corrected chi connectivity index (χ0v) is 6.54. The second-order valence-electron chi connectivity index (χ2n) is 1.78. The van der Waals surface area contributed by atoms with Gasteiger partial charge >= 0.3 is 0 Å². The van der Waals surface area contributed by atoms with Crippen LogP contribution in [0.1, 0.15) is 6.92 Å². The van der Waals surface area contributed by atoms with E-state index in [1.807, 2.05) is 25.2 Å². The van der Waals surface area contributed by atoms with Crippen LogP contribution >= 0.6 is 0 Å². The summed E-state index contributed by atoms with van der Waals surface area (Å²) in [5, 5.41) is 0. The second kappa shape index (κ2) is 6.02. The van der Waals surface area contributed by atoms with Crippen LogP contribution < -0.4 is 0 Å². The van der Waals surface area contributed by atoms with E-state index in [0.29, 0.717) is 0 Å². The van der Waals surface area contributed by atoms with Gasteiger partial charge in [-0.3, -0.25) is 4.99 Å². The third kappa shape index (κ3) is 3.84. The van der Waals surface area contributed by atoms with E-state index in [0.717, 1.165) is 5.57 Å². The molecule has 0 aromatic rings. The maximum atomic E-state index is 3.86. The average molecular weight is 135 g/mol. The smallest absolute Gasteiger partial charge is 0.0281 e. The Bertz CT molecular complexity index is 173. The molecule has 0 heterocycles. The Morgan fingerprint density at radius 3 is 2.60 bits per heavy atom. The van der Waals surface area contributed by atoms with Crippen LogP contribution in [0.4, 0.5) is 0 Å². The molecular weight excluding hydrogens is 122 g/mol. The molecule has 0 N–H and O–H groups in total. The molecule has 0 unspecified atom stereocenters. The van der Waals surface area contributed by atoms with Gasteiger partial charge in [-0.05, 0) is 12.5 Å². The average Bonchev–Trinajstić information content (AvgIpc) is 1.98. The molecular formula is C9H13N. The molecule has 0 atom stereocenters. The zero-order chi connectivity index (χ0) is 7.82. The van der Waals surface area contributed by atoms with Crippen molar-refractivity contribution < 1.29 is 0 Å². The Morgan fingerprint density at radius 1 is 1.50 bits per heavy atom. The van der Waals surface area contributed by atoms with Gasteiger partial charge in [-0.25, -0.2) is 0 Å². The molecule has 0 aliphatic heterocycles. The molecule has 0 bridgehead atoms. The molecule has 0 rings (SSSR count). The van der Waals surface area contributed by atoms with Gasteiger partial charge in [0.15, 0.2) is 0 Å². The second-order valence-corrected chi connectivity index (χ2v) is 1.78. The van der Waals surface area contributed by atoms with Crippen molar-refractivity contribution in [1.29, 1.82) is 0 Å². The molecule has 0 amide bonds. The van der Waals surface area contributed by atoms with Crippen molar-refractivity contribution in [3.05, 3.63) is 36.5 Å².